The fourth-order valence-electron chi connectivity index (χ4n) is 1.61. The molecule has 49 heavy (non-hydrogen) atoms. The van der Waals surface area contributed by atoms with Gasteiger partial charge in [-0.1, -0.05) is 33.6 Å². The first-order valence-electron chi connectivity index (χ1n) is 14.2. The van der Waals surface area contributed by atoms with E-state index in [0.717, 1.165) is 18.2 Å². The third-order valence-electron chi connectivity index (χ3n) is 3.38. The predicted molar refractivity (Wildman–Crippen MR) is 175 cm³/mol. The summed E-state index contributed by atoms with van der Waals surface area (Å²) in [5, 5.41) is 16.7. The predicted octanol–water partition coefficient (Wildman–Crippen LogP) is 1.09. The molecule has 20 heteroatoms. The lowest BCUT2D eigenvalue weighted by molar-refractivity contribution is -0.144. The van der Waals surface area contributed by atoms with E-state index < -0.39 is 60.7 Å². The van der Waals surface area contributed by atoms with Crippen LogP contribution in [0.5, 0.6) is 0 Å². The van der Waals surface area contributed by atoms with Gasteiger partial charge in [0.1, 0.15) is 38.1 Å². The zero-order valence-electron chi connectivity index (χ0n) is 29.1. The summed E-state index contributed by atoms with van der Waals surface area (Å²) in [6.45, 7) is 21.7. The fourth-order valence-corrected chi connectivity index (χ4v) is 1.61. The molecule has 0 bridgehead atoms. The molecular formula is C29H54N4O16. The quantitative estimate of drug-likeness (QED) is 0.0832. The minimum atomic E-state index is -0.892. The molecule has 4 amide bonds. The number of aliphatic hydroxyl groups excluding tert-OH is 2. The average molecular weight is 715 g/mol. The van der Waals surface area contributed by atoms with E-state index in [1.165, 1.54) is 6.92 Å². The van der Waals surface area contributed by atoms with Crippen molar-refractivity contribution in [2.24, 2.45) is 22.9 Å². The Morgan fingerprint density at radius 2 is 0.918 bits per heavy atom. The molecule has 0 spiro atoms. The van der Waals surface area contributed by atoms with Crippen molar-refractivity contribution in [3.8, 4) is 0 Å². The van der Waals surface area contributed by atoms with Gasteiger partial charge in [0.05, 0.1) is 19.3 Å². The first-order chi connectivity index (χ1) is 22.7. The first-order valence-corrected chi connectivity index (χ1v) is 14.2. The number of hydrogen-bond acceptors (Lipinski definition) is 16. The lowest BCUT2D eigenvalue weighted by Crippen LogP contribution is -2.25. The summed E-state index contributed by atoms with van der Waals surface area (Å²) in [6, 6.07) is 0. The molecule has 0 saturated carbocycles. The Labute approximate surface area is 286 Å². The Kier molecular flexibility index (Phi) is 46.5. The number of esters is 3. The number of primary amides is 4. The van der Waals surface area contributed by atoms with Crippen LogP contribution in [0.1, 0.15) is 48.5 Å². The van der Waals surface area contributed by atoms with Crippen LogP contribution in [0.4, 0.5) is 19.2 Å². The maximum Gasteiger partial charge on any atom is 0.404 e. The minimum absolute atomic E-state index is 0.0200. The van der Waals surface area contributed by atoms with Gasteiger partial charge in [0.2, 0.25) is 0 Å². The molecule has 0 aliphatic heterocycles. The first kappa shape index (κ1) is 56.0. The summed E-state index contributed by atoms with van der Waals surface area (Å²) in [4.78, 5) is 71.0. The van der Waals surface area contributed by atoms with Gasteiger partial charge < -0.3 is 66.3 Å². The number of rotatable bonds is 14. The summed E-state index contributed by atoms with van der Waals surface area (Å²) in [5.74, 6) is -1.48. The molecule has 0 aliphatic rings. The molecule has 286 valence electrons. The molecular weight excluding hydrogens is 660 g/mol. The molecule has 4 atom stereocenters. The summed E-state index contributed by atoms with van der Waals surface area (Å²) in [5.41, 5.74) is 18.6. The van der Waals surface area contributed by atoms with Crippen LogP contribution in [-0.4, -0.2) is 110 Å². The summed E-state index contributed by atoms with van der Waals surface area (Å²) < 4.78 is 31.0. The van der Waals surface area contributed by atoms with E-state index in [2.05, 4.69) is 70.1 Å². The molecule has 0 saturated heterocycles. The summed E-state index contributed by atoms with van der Waals surface area (Å²) in [7, 11) is 0. The van der Waals surface area contributed by atoms with Gasteiger partial charge in [-0.3, -0.25) is 0 Å². The molecule has 0 aliphatic carbocycles. The Balaban J connectivity index is -0.000000118. The highest BCUT2D eigenvalue weighted by molar-refractivity contribution is 5.81. The van der Waals surface area contributed by atoms with E-state index >= 15 is 0 Å². The number of carbonyl (C=O) groups excluding carboxylic acids is 7. The topological polar surface area (TPSA) is 329 Å². The van der Waals surface area contributed by atoms with E-state index in [1.54, 1.807) is 27.7 Å². The zero-order valence-corrected chi connectivity index (χ0v) is 29.1. The van der Waals surface area contributed by atoms with Crippen LogP contribution in [0.3, 0.4) is 0 Å². The smallest absolute Gasteiger partial charge is 0.404 e. The van der Waals surface area contributed by atoms with Crippen LogP contribution in [0.25, 0.3) is 0 Å². The lowest BCUT2D eigenvalue weighted by atomic mass is 10.4. The number of hydrogen-bond donors (Lipinski definition) is 6. The molecule has 10 N–H and O–H groups in total. The average Bonchev–Trinajstić information content (AvgIpc) is 3.03. The van der Waals surface area contributed by atoms with Crippen LogP contribution in [0.2, 0.25) is 0 Å². The Hall–Kier alpha value is -5.37. The molecule has 0 aromatic rings. The number of nitrogens with two attached hydrogens (primary N) is 4. The van der Waals surface area contributed by atoms with E-state index in [4.69, 9.17) is 15.9 Å². The van der Waals surface area contributed by atoms with Gasteiger partial charge in [0.25, 0.3) is 0 Å². The van der Waals surface area contributed by atoms with E-state index in [1.807, 2.05) is 13.8 Å². The molecule has 4 unspecified atom stereocenters. The molecule has 0 aromatic heterocycles. The van der Waals surface area contributed by atoms with Crippen molar-refractivity contribution < 1.29 is 76.9 Å². The van der Waals surface area contributed by atoms with Crippen LogP contribution in [0.15, 0.2) is 38.0 Å². The lowest BCUT2D eigenvalue weighted by Gasteiger charge is -2.10. The maximum atomic E-state index is 10.6. The van der Waals surface area contributed by atoms with Crippen molar-refractivity contribution in [3.63, 3.8) is 0 Å². The standard InChI is InChI=1S/2C7H11NO4.C5H8O2.2C4H9NO3.C2H6/c1-3-6(9)12-5(2)4-11-7(8)10;1-3-6(9)11-4-5(2)12-7(8)10;1-3-5(6)7-4-2;1-3(6)2-8-4(5)7;1-3(2-6)8-4(5)7;1-2/h2*3,5H,1,4H2,2H3,(H2,8,10);3H,1,4H2,2H3;2*3,6H,2H2,1H3,(H2,5,7);1-2H3. The molecule has 0 radical (unpaired) electrons. The van der Waals surface area contributed by atoms with Crippen molar-refractivity contribution >= 4 is 42.3 Å². The van der Waals surface area contributed by atoms with Gasteiger partial charge in [-0.15, -0.1) is 0 Å². The van der Waals surface area contributed by atoms with Gasteiger partial charge in [-0.25, -0.2) is 33.6 Å². The highest BCUT2D eigenvalue weighted by Gasteiger charge is 2.08. The summed E-state index contributed by atoms with van der Waals surface area (Å²) >= 11 is 0. The van der Waals surface area contributed by atoms with E-state index in [-0.39, 0.29) is 32.4 Å². The maximum absolute atomic E-state index is 10.6. The van der Waals surface area contributed by atoms with Gasteiger partial charge in [-0.05, 0) is 34.6 Å². The fraction of sp³-hybridized carbons (Fsp3) is 0.552. The van der Waals surface area contributed by atoms with E-state index in [0.29, 0.717) is 6.61 Å². The second-order valence-electron chi connectivity index (χ2n) is 8.03. The van der Waals surface area contributed by atoms with Crippen molar-refractivity contribution in [1.29, 1.82) is 0 Å². The van der Waals surface area contributed by atoms with Gasteiger partial charge in [-0.2, -0.15) is 0 Å². The van der Waals surface area contributed by atoms with Crippen molar-refractivity contribution in [2.45, 2.75) is 72.9 Å². The number of ether oxygens (including phenoxy) is 7. The Morgan fingerprint density at radius 3 is 1.18 bits per heavy atom. The molecule has 0 heterocycles. The largest absolute Gasteiger partial charge is 0.463 e. The second-order valence-corrected chi connectivity index (χ2v) is 8.03. The molecule has 0 fully saturated rings. The Bertz CT molecular complexity index is 961. The monoisotopic (exact) mass is 714 g/mol. The minimum Gasteiger partial charge on any atom is -0.463 e. The van der Waals surface area contributed by atoms with Crippen LogP contribution in [-0.2, 0) is 47.5 Å². The molecule has 0 rings (SSSR count). The van der Waals surface area contributed by atoms with Crippen molar-refractivity contribution in [2.75, 3.05) is 33.0 Å². The Morgan fingerprint density at radius 1 is 0.571 bits per heavy atom. The summed E-state index contributed by atoms with van der Waals surface area (Å²) in [6.07, 6.45) is -2.48. The highest BCUT2D eigenvalue weighted by Crippen LogP contribution is 1.93. The molecule has 0 aromatic carbocycles. The third kappa shape index (κ3) is 66.1. The number of aliphatic hydroxyl groups is 2. The van der Waals surface area contributed by atoms with E-state index in [9.17, 15) is 33.6 Å². The highest BCUT2D eigenvalue weighted by atomic mass is 16.6. The van der Waals surface area contributed by atoms with Crippen LogP contribution < -0.4 is 22.9 Å². The van der Waals surface area contributed by atoms with Crippen LogP contribution >= 0.6 is 0 Å². The SMILES string of the molecule is C=CC(=O)OC(C)COC(N)=O.C=CC(=O)OCC.C=CC(=O)OCC(C)OC(N)=O.CC.CC(CO)OC(N)=O.CC(O)COC(N)=O. The third-order valence-corrected chi connectivity index (χ3v) is 3.38. The zero-order chi connectivity index (χ0) is 40.0. The number of carbonyl (C=O) groups is 7. The van der Waals surface area contributed by atoms with Crippen molar-refractivity contribution in [1.82, 2.24) is 0 Å². The number of amides is 4. The van der Waals surface area contributed by atoms with Gasteiger partial charge >= 0.3 is 42.3 Å². The normalized spacial score (nSPS) is 11.0. The second kappa shape index (κ2) is 40.7. The van der Waals surface area contributed by atoms with Crippen molar-refractivity contribution in [3.05, 3.63) is 38.0 Å². The van der Waals surface area contributed by atoms with Crippen LogP contribution in [0, 0.1) is 0 Å². The molecule has 20 nitrogen and oxygen atoms in total. The van der Waals surface area contributed by atoms with Gasteiger partial charge in [0.15, 0.2) is 0 Å². The van der Waals surface area contributed by atoms with Gasteiger partial charge in [0, 0.05) is 18.2 Å².